The predicted octanol–water partition coefficient (Wildman–Crippen LogP) is 16.1. The molecule has 3 nitrogen and oxygen atoms in total. The maximum atomic E-state index is 5.51. The van der Waals surface area contributed by atoms with E-state index in [2.05, 4.69) is 234 Å². The number of allylic oxidation sites excluding steroid dienone is 8. The molecule has 0 saturated heterocycles. The monoisotopic (exact) mass is 819 g/mol. The number of hydrogen-bond acceptors (Lipinski definition) is 1. The SMILES string of the molecule is C1=CC(c2ccccc2C2=CC=C(n3c4ccccc4c4ccccc43)CC2)=C(c2ccc(-n3nc(-c4ccccc4)c(-c4cccc5ccccc45)c3-c3ccccc3)cc2)CC1. The maximum Gasteiger partial charge on any atom is 0.101 e. The Kier molecular flexibility index (Phi) is 9.45. The summed E-state index contributed by atoms with van der Waals surface area (Å²) in [7, 11) is 0. The Bertz CT molecular complexity index is 3460. The summed E-state index contributed by atoms with van der Waals surface area (Å²) in [6, 6.07) is 72.4. The first-order chi connectivity index (χ1) is 31.8. The van der Waals surface area contributed by atoms with E-state index in [9.17, 15) is 0 Å². The molecule has 64 heavy (non-hydrogen) atoms. The minimum absolute atomic E-state index is 0.966. The van der Waals surface area contributed by atoms with E-state index in [1.54, 1.807) is 0 Å². The number of benzene rings is 8. The van der Waals surface area contributed by atoms with Crippen molar-refractivity contribution in [3.8, 4) is 39.3 Å². The molecule has 10 aromatic rings. The van der Waals surface area contributed by atoms with Gasteiger partial charge >= 0.3 is 0 Å². The van der Waals surface area contributed by atoms with Gasteiger partial charge in [0.15, 0.2) is 0 Å². The van der Waals surface area contributed by atoms with Crippen molar-refractivity contribution in [2.75, 3.05) is 0 Å². The second-order valence-corrected chi connectivity index (χ2v) is 16.9. The highest BCUT2D eigenvalue weighted by molar-refractivity contribution is 6.10. The highest BCUT2D eigenvalue weighted by atomic mass is 15.3. The Labute approximate surface area is 373 Å². The van der Waals surface area contributed by atoms with Crippen molar-refractivity contribution >= 4 is 55.0 Å². The Morgan fingerprint density at radius 2 is 1.05 bits per heavy atom. The smallest absolute Gasteiger partial charge is 0.101 e. The molecule has 0 bridgehead atoms. The third kappa shape index (κ3) is 6.48. The molecule has 304 valence electrons. The third-order valence-corrected chi connectivity index (χ3v) is 13.2. The van der Waals surface area contributed by atoms with E-state index in [1.807, 2.05) is 0 Å². The van der Waals surface area contributed by atoms with Crippen LogP contribution in [0.2, 0.25) is 0 Å². The minimum Gasteiger partial charge on any atom is -0.313 e. The molecule has 0 unspecified atom stereocenters. The van der Waals surface area contributed by atoms with Crippen LogP contribution in [0.4, 0.5) is 0 Å². The van der Waals surface area contributed by atoms with Crippen molar-refractivity contribution in [2.45, 2.75) is 25.7 Å². The summed E-state index contributed by atoms with van der Waals surface area (Å²) < 4.78 is 4.64. The van der Waals surface area contributed by atoms with Gasteiger partial charge in [-0.05, 0) is 106 Å². The highest BCUT2D eigenvalue weighted by Crippen LogP contribution is 2.45. The van der Waals surface area contributed by atoms with Crippen molar-refractivity contribution in [3.05, 3.63) is 241 Å². The number of rotatable bonds is 8. The van der Waals surface area contributed by atoms with Crippen molar-refractivity contribution in [1.82, 2.24) is 14.3 Å². The number of para-hydroxylation sites is 2. The van der Waals surface area contributed by atoms with Crippen LogP contribution < -0.4 is 0 Å². The van der Waals surface area contributed by atoms with Gasteiger partial charge in [-0.25, -0.2) is 4.68 Å². The number of nitrogens with zero attached hydrogens (tertiary/aromatic N) is 3. The first kappa shape index (κ1) is 37.7. The van der Waals surface area contributed by atoms with Crippen LogP contribution in [0.1, 0.15) is 42.4 Å². The molecule has 2 aliphatic rings. The summed E-state index contributed by atoms with van der Waals surface area (Å²) in [6.07, 6.45) is 13.4. The number of fused-ring (bicyclic) bond motifs is 4. The van der Waals surface area contributed by atoms with Crippen LogP contribution in [0.5, 0.6) is 0 Å². The van der Waals surface area contributed by atoms with E-state index in [1.165, 1.54) is 77.2 Å². The van der Waals surface area contributed by atoms with Crippen LogP contribution in [-0.4, -0.2) is 14.3 Å². The van der Waals surface area contributed by atoms with Crippen molar-refractivity contribution in [3.63, 3.8) is 0 Å². The van der Waals surface area contributed by atoms with Gasteiger partial charge in [0.25, 0.3) is 0 Å². The largest absolute Gasteiger partial charge is 0.313 e. The van der Waals surface area contributed by atoms with E-state index < -0.39 is 0 Å². The fourth-order valence-electron chi connectivity index (χ4n) is 10.3. The lowest BCUT2D eigenvalue weighted by Crippen LogP contribution is -2.03. The molecule has 0 fully saturated rings. The zero-order valence-electron chi connectivity index (χ0n) is 35.5. The number of aromatic nitrogens is 3. The summed E-state index contributed by atoms with van der Waals surface area (Å²) in [5.74, 6) is 0. The lowest BCUT2D eigenvalue weighted by atomic mass is 9.83. The second kappa shape index (κ2) is 16.0. The zero-order valence-corrected chi connectivity index (χ0v) is 35.5. The second-order valence-electron chi connectivity index (χ2n) is 16.9. The van der Waals surface area contributed by atoms with E-state index in [-0.39, 0.29) is 0 Å². The molecule has 0 saturated carbocycles. The summed E-state index contributed by atoms with van der Waals surface area (Å²) in [5, 5.41) is 10.5. The van der Waals surface area contributed by atoms with Gasteiger partial charge in [-0.2, -0.15) is 5.10 Å². The summed E-state index contributed by atoms with van der Waals surface area (Å²) >= 11 is 0. The molecule has 0 N–H and O–H groups in total. The average molecular weight is 820 g/mol. The van der Waals surface area contributed by atoms with Gasteiger partial charge in [-0.1, -0.05) is 194 Å². The zero-order chi connectivity index (χ0) is 42.4. The maximum absolute atomic E-state index is 5.51. The van der Waals surface area contributed by atoms with Gasteiger partial charge in [0.2, 0.25) is 0 Å². The molecule has 0 spiro atoms. The molecule has 8 aromatic carbocycles. The van der Waals surface area contributed by atoms with Crippen LogP contribution in [0.15, 0.2) is 224 Å². The molecule has 3 heteroatoms. The van der Waals surface area contributed by atoms with Crippen LogP contribution in [0.3, 0.4) is 0 Å². The van der Waals surface area contributed by atoms with Crippen LogP contribution in [-0.2, 0) is 0 Å². The molecule has 0 amide bonds. The Morgan fingerprint density at radius 1 is 0.438 bits per heavy atom. The van der Waals surface area contributed by atoms with E-state index in [0.717, 1.165) is 59.4 Å². The normalized spacial score (nSPS) is 14.1. The summed E-state index contributed by atoms with van der Waals surface area (Å²) in [4.78, 5) is 0. The molecule has 2 aromatic heterocycles. The molecular formula is C61H45N3. The Morgan fingerprint density at radius 3 is 1.77 bits per heavy atom. The minimum atomic E-state index is 0.966. The summed E-state index contributed by atoms with van der Waals surface area (Å²) in [6.45, 7) is 0. The van der Waals surface area contributed by atoms with Gasteiger partial charge in [-0.3, -0.25) is 0 Å². The first-order valence-corrected chi connectivity index (χ1v) is 22.5. The Hall–Kier alpha value is -8.01. The van der Waals surface area contributed by atoms with Gasteiger partial charge in [0.1, 0.15) is 5.69 Å². The fraction of sp³-hybridized carbons (Fsp3) is 0.0656. The Balaban J connectivity index is 0.957. The molecular weight excluding hydrogens is 775 g/mol. The molecule has 2 heterocycles. The lowest BCUT2D eigenvalue weighted by molar-refractivity contribution is 0.891. The van der Waals surface area contributed by atoms with Gasteiger partial charge in [0, 0.05) is 33.2 Å². The molecule has 0 atom stereocenters. The van der Waals surface area contributed by atoms with Crippen molar-refractivity contribution in [2.24, 2.45) is 0 Å². The predicted molar refractivity (Wildman–Crippen MR) is 270 cm³/mol. The number of hydrogen-bond donors (Lipinski definition) is 0. The van der Waals surface area contributed by atoms with Crippen LogP contribution in [0.25, 0.3) is 94.3 Å². The average Bonchev–Trinajstić information content (AvgIpc) is 3.94. The van der Waals surface area contributed by atoms with E-state index in [0.29, 0.717) is 0 Å². The van der Waals surface area contributed by atoms with Gasteiger partial charge in [-0.15, -0.1) is 0 Å². The molecule has 2 aliphatic carbocycles. The van der Waals surface area contributed by atoms with Crippen LogP contribution in [0, 0.1) is 0 Å². The van der Waals surface area contributed by atoms with E-state index in [4.69, 9.17) is 5.10 Å². The fourth-order valence-corrected chi connectivity index (χ4v) is 10.3. The molecule has 0 aliphatic heterocycles. The molecule has 12 rings (SSSR count). The quantitative estimate of drug-likeness (QED) is 0.150. The van der Waals surface area contributed by atoms with Crippen molar-refractivity contribution in [1.29, 1.82) is 0 Å². The first-order valence-electron chi connectivity index (χ1n) is 22.5. The third-order valence-electron chi connectivity index (χ3n) is 13.2. The molecule has 0 radical (unpaired) electrons. The standard InChI is InChI=1S/C61H45N3/c1-3-19-45(20-4-1)60-59(56-31-17-23-42-18-7-8-26-51(42)56)61(46-21-5-2-6-22-46)64(62-60)48-40-36-44(37-41-48)50-25-10-12-28-53(50)52-27-11-9-24-49(52)43-34-38-47(39-35-43)63-57-32-15-13-29-54(57)55-30-14-16-33-58(55)63/h1-9,11-24,26-34,36-38,40-41H,10,25,35,39H2. The highest BCUT2D eigenvalue weighted by Gasteiger charge is 2.25. The van der Waals surface area contributed by atoms with Gasteiger partial charge in [0.05, 0.1) is 22.4 Å². The van der Waals surface area contributed by atoms with E-state index >= 15 is 0 Å². The topological polar surface area (TPSA) is 22.8 Å². The van der Waals surface area contributed by atoms with Crippen LogP contribution >= 0.6 is 0 Å². The lowest BCUT2D eigenvalue weighted by Gasteiger charge is -2.23. The van der Waals surface area contributed by atoms with Crippen molar-refractivity contribution < 1.29 is 0 Å². The summed E-state index contributed by atoms with van der Waals surface area (Å²) in [5.41, 5.74) is 19.4. The van der Waals surface area contributed by atoms with Gasteiger partial charge < -0.3 is 4.57 Å².